The Morgan fingerprint density at radius 3 is 1.87 bits per heavy atom. The van der Waals surface area contributed by atoms with Crippen LogP contribution >= 0.6 is 6.34 Å². The summed E-state index contributed by atoms with van der Waals surface area (Å²) in [6.45, 7) is 10.1. The van der Waals surface area contributed by atoms with Gasteiger partial charge in [-0.2, -0.15) is 5.10 Å². The van der Waals surface area contributed by atoms with E-state index in [0.717, 1.165) is 91.8 Å². The van der Waals surface area contributed by atoms with E-state index in [2.05, 4.69) is 25.4 Å². The van der Waals surface area contributed by atoms with Crippen molar-refractivity contribution in [3.8, 4) is 0 Å². The lowest BCUT2D eigenvalue weighted by Gasteiger charge is -2.47. The van der Waals surface area contributed by atoms with E-state index in [1.54, 1.807) is 0 Å². The van der Waals surface area contributed by atoms with E-state index < -0.39 is 6.34 Å². The third-order valence-electron chi connectivity index (χ3n) is 6.20. The Morgan fingerprint density at radius 2 is 1.35 bits per heavy atom. The summed E-state index contributed by atoms with van der Waals surface area (Å²) in [5, 5.41) is 7.73. The zero-order chi connectivity index (χ0) is 21.7. The molecule has 0 bridgehead atoms. The number of ether oxygens (including phenoxy) is 3. The molecule has 1 aliphatic carbocycles. The molecule has 0 amide bonds. The molecule has 0 saturated carbocycles. The fourth-order valence-corrected chi connectivity index (χ4v) is 9.65. The third kappa shape index (κ3) is 5.24. The number of rotatable bonds is 6. The minimum absolute atomic E-state index is 0.765. The third-order valence-corrected chi connectivity index (χ3v) is 11.7. The molecule has 0 N–H and O–H groups in total. The standard InChI is InChI=1S/C21H36N5O3PS/c1-23(2)22-6-5-19-3-4-20(21(19)24-7-13-27-14-8-24)30(31,25-9-15-28-16-10-25)26-11-17-29-18-12-26/h5-6H,3-4,7-18H2,1-2H3. The van der Waals surface area contributed by atoms with Gasteiger partial charge in [0.25, 0.3) is 0 Å². The summed E-state index contributed by atoms with van der Waals surface area (Å²) in [5.74, 6) is 0. The van der Waals surface area contributed by atoms with Crippen molar-refractivity contribution in [2.75, 3.05) is 93.0 Å². The van der Waals surface area contributed by atoms with Gasteiger partial charge in [0.2, 0.25) is 0 Å². The number of hydrogen-bond donors (Lipinski definition) is 0. The summed E-state index contributed by atoms with van der Waals surface area (Å²) < 4.78 is 22.2. The molecule has 31 heavy (non-hydrogen) atoms. The number of nitrogens with zero attached hydrogens (tertiary/aromatic N) is 5. The Hall–Kier alpha value is -0.800. The molecule has 4 rings (SSSR count). The summed E-state index contributed by atoms with van der Waals surface area (Å²) in [5.41, 5.74) is 2.73. The van der Waals surface area contributed by atoms with Crippen LogP contribution in [0.5, 0.6) is 0 Å². The Morgan fingerprint density at radius 1 is 0.839 bits per heavy atom. The van der Waals surface area contributed by atoms with E-state index in [-0.39, 0.29) is 0 Å². The molecule has 0 atom stereocenters. The predicted molar refractivity (Wildman–Crippen MR) is 128 cm³/mol. The van der Waals surface area contributed by atoms with Crippen molar-refractivity contribution < 1.29 is 14.2 Å². The van der Waals surface area contributed by atoms with Gasteiger partial charge in [-0.1, -0.05) is 11.8 Å². The van der Waals surface area contributed by atoms with Gasteiger partial charge < -0.3 is 24.1 Å². The monoisotopic (exact) mass is 469 g/mol. The second kappa shape index (κ2) is 10.9. The molecule has 0 aromatic carbocycles. The highest BCUT2D eigenvalue weighted by Crippen LogP contribution is 2.65. The first-order valence-corrected chi connectivity index (χ1v) is 14.0. The van der Waals surface area contributed by atoms with Crippen molar-refractivity contribution in [2.24, 2.45) is 5.10 Å². The lowest BCUT2D eigenvalue weighted by Crippen LogP contribution is -2.44. The second-order valence-corrected chi connectivity index (χ2v) is 12.7. The Bertz CT molecular complexity index is 732. The molecule has 0 aromatic rings. The van der Waals surface area contributed by atoms with Gasteiger partial charge in [-0.25, -0.2) is 0 Å². The average molecular weight is 470 g/mol. The van der Waals surface area contributed by atoms with Crippen LogP contribution in [0.3, 0.4) is 0 Å². The fourth-order valence-electron chi connectivity index (χ4n) is 4.72. The number of hydrogen-bond acceptors (Lipinski definition) is 7. The lowest BCUT2D eigenvalue weighted by molar-refractivity contribution is 0.0539. The fraction of sp³-hybridized carbons (Fsp3) is 0.762. The summed E-state index contributed by atoms with van der Waals surface area (Å²) in [6.07, 6.45) is 4.08. The Balaban J connectivity index is 1.77. The minimum Gasteiger partial charge on any atom is -0.379 e. The van der Waals surface area contributed by atoms with Crippen molar-refractivity contribution in [3.05, 3.63) is 22.7 Å². The zero-order valence-electron chi connectivity index (χ0n) is 18.9. The van der Waals surface area contributed by atoms with Crippen molar-refractivity contribution in [2.45, 2.75) is 12.8 Å². The Kier molecular flexibility index (Phi) is 8.20. The average Bonchev–Trinajstić information content (AvgIpc) is 3.24. The van der Waals surface area contributed by atoms with Gasteiger partial charge in [0.05, 0.1) is 39.6 Å². The van der Waals surface area contributed by atoms with Crippen LogP contribution in [0.25, 0.3) is 0 Å². The predicted octanol–water partition coefficient (Wildman–Crippen LogP) is 1.77. The Labute approximate surface area is 191 Å². The van der Waals surface area contributed by atoms with Gasteiger partial charge in [0.15, 0.2) is 0 Å². The molecule has 0 radical (unpaired) electrons. The molecular weight excluding hydrogens is 433 g/mol. The number of morpholine rings is 3. The van der Waals surface area contributed by atoms with Crippen LogP contribution in [0.1, 0.15) is 12.8 Å². The van der Waals surface area contributed by atoms with Crippen molar-refractivity contribution in [1.82, 2.24) is 19.2 Å². The summed E-state index contributed by atoms with van der Waals surface area (Å²) in [7, 11) is 3.90. The van der Waals surface area contributed by atoms with Crippen LogP contribution in [0.15, 0.2) is 27.8 Å². The highest BCUT2D eigenvalue weighted by Gasteiger charge is 2.42. The van der Waals surface area contributed by atoms with Crippen LogP contribution in [-0.2, 0) is 26.0 Å². The molecule has 8 nitrogen and oxygen atoms in total. The minimum atomic E-state index is -2.09. The van der Waals surface area contributed by atoms with Gasteiger partial charge in [-0.05, 0) is 24.5 Å². The van der Waals surface area contributed by atoms with Crippen LogP contribution in [0.4, 0.5) is 0 Å². The SMILES string of the molecule is CN(C)N=CC=C1CCC(P(=S)(N2CCOCC2)N2CCOCC2)=C1N1CCOCC1. The maximum absolute atomic E-state index is 6.72. The van der Waals surface area contributed by atoms with Crippen LogP contribution in [0.2, 0.25) is 0 Å². The molecule has 3 saturated heterocycles. The molecule has 174 valence electrons. The molecule has 0 spiro atoms. The highest BCUT2D eigenvalue weighted by atomic mass is 32.4. The first-order valence-electron chi connectivity index (χ1n) is 11.3. The van der Waals surface area contributed by atoms with Crippen molar-refractivity contribution in [3.63, 3.8) is 0 Å². The lowest BCUT2D eigenvalue weighted by atomic mass is 10.1. The quantitative estimate of drug-likeness (QED) is 0.332. The molecule has 4 aliphatic rings. The van der Waals surface area contributed by atoms with Gasteiger partial charge in [-0.3, -0.25) is 9.34 Å². The van der Waals surface area contributed by atoms with Crippen molar-refractivity contribution in [1.29, 1.82) is 0 Å². The summed E-state index contributed by atoms with van der Waals surface area (Å²) in [4.78, 5) is 2.52. The smallest absolute Gasteiger partial charge is 0.105 e. The van der Waals surface area contributed by atoms with E-state index in [0.29, 0.717) is 0 Å². The molecule has 10 heteroatoms. The molecule has 3 aliphatic heterocycles. The molecule has 0 aromatic heterocycles. The molecule has 3 heterocycles. The van der Waals surface area contributed by atoms with E-state index in [4.69, 9.17) is 26.0 Å². The molecular formula is C21H36N5O3PS. The van der Waals surface area contributed by atoms with Crippen molar-refractivity contribution >= 4 is 24.4 Å². The number of allylic oxidation sites excluding steroid dienone is 3. The topological polar surface area (TPSA) is 53.0 Å². The molecule has 3 fully saturated rings. The van der Waals surface area contributed by atoms with Gasteiger partial charge in [-0.15, -0.1) is 0 Å². The molecule has 0 unspecified atom stereocenters. The second-order valence-electron chi connectivity index (χ2n) is 8.37. The van der Waals surface area contributed by atoms with Gasteiger partial charge >= 0.3 is 0 Å². The van der Waals surface area contributed by atoms with Gasteiger partial charge in [0.1, 0.15) is 6.34 Å². The normalized spacial score (nSPS) is 26.4. The van der Waals surface area contributed by atoms with Crippen LogP contribution in [-0.4, -0.2) is 118 Å². The van der Waals surface area contributed by atoms with Crippen LogP contribution < -0.4 is 0 Å². The summed E-state index contributed by atoms with van der Waals surface area (Å²) >= 11 is 6.72. The van der Waals surface area contributed by atoms with E-state index in [1.807, 2.05) is 25.3 Å². The largest absolute Gasteiger partial charge is 0.379 e. The first-order chi connectivity index (χ1) is 15.1. The number of hydrazone groups is 1. The van der Waals surface area contributed by atoms with Gasteiger partial charge in [0, 0.05) is 70.6 Å². The highest BCUT2D eigenvalue weighted by molar-refractivity contribution is 8.14. The van der Waals surface area contributed by atoms with E-state index in [1.165, 1.54) is 16.6 Å². The maximum Gasteiger partial charge on any atom is 0.105 e. The first kappa shape index (κ1) is 23.4. The summed E-state index contributed by atoms with van der Waals surface area (Å²) in [6, 6.07) is 0. The maximum atomic E-state index is 6.72. The zero-order valence-corrected chi connectivity index (χ0v) is 20.6. The van der Waals surface area contributed by atoms with E-state index >= 15 is 0 Å². The van der Waals surface area contributed by atoms with E-state index in [9.17, 15) is 0 Å². The van der Waals surface area contributed by atoms with Crippen LogP contribution in [0, 0.1) is 0 Å².